The number of fused-ring (bicyclic) bond motifs is 2. The van der Waals surface area contributed by atoms with Crippen LogP contribution in [0.1, 0.15) is 70.9 Å². The molecule has 1 saturated carbocycles. The van der Waals surface area contributed by atoms with Gasteiger partial charge in [-0.1, -0.05) is 25.0 Å². The van der Waals surface area contributed by atoms with Gasteiger partial charge in [-0.2, -0.15) is 18.3 Å². The molecule has 2 aromatic heterocycles. The number of thiazole rings is 1. The average Bonchev–Trinajstić information content (AvgIpc) is 3.43. The molecule has 0 spiro atoms. The third-order valence-corrected chi connectivity index (χ3v) is 8.95. The highest BCUT2D eigenvalue weighted by Crippen LogP contribution is 2.35. The average molecular weight is 519 g/mol. The number of rotatable bonds is 8. The number of hydrogen-bond acceptors (Lipinski definition) is 5. The molecule has 0 radical (unpaired) electrons. The number of Topliss-reactive ketones (excluding diaryl/α,β-unsaturated/α-hetero) is 1. The number of carbonyl (C=O) groups excluding carboxylic acids is 1. The first-order valence-corrected chi connectivity index (χ1v) is 13.8. The molecule has 36 heavy (non-hydrogen) atoms. The van der Waals surface area contributed by atoms with E-state index < -0.39 is 12.6 Å². The minimum absolute atomic E-state index is 0.00963. The quantitative estimate of drug-likeness (QED) is 0.326. The molecule has 5 rings (SSSR count). The maximum absolute atomic E-state index is 13.0. The topological polar surface area (TPSA) is 51.0 Å². The smallest absolute Gasteiger partial charge is 0.297 e. The SMILES string of the molecule is Cn1cc2c(C(=O)CC3CCC(CCN4CCc5sc(CCC(F)(F)F)nc5C4)CC3)cccc2n1. The van der Waals surface area contributed by atoms with Crippen LogP contribution in [0.3, 0.4) is 0 Å². The summed E-state index contributed by atoms with van der Waals surface area (Å²) in [6.45, 7) is 2.71. The Labute approximate surface area is 213 Å². The third-order valence-electron chi connectivity index (χ3n) is 7.73. The van der Waals surface area contributed by atoms with Crippen molar-refractivity contribution in [2.24, 2.45) is 18.9 Å². The number of carbonyl (C=O) groups is 1. The van der Waals surface area contributed by atoms with Crippen molar-refractivity contribution in [1.82, 2.24) is 19.7 Å². The molecule has 5 nitrogen and oxygen atoms in total. The van der Waals surface area contributed by atoms with Gasteiger partial charge in [-0.25, -0.2) is 4.98 Å². The second-order valence-corrected chi connectivity index (χ2v) is 11.6. The summed E-state index contributed by atoms with van der Waals surface area (Å²) in [4.78, 5) is 21.1. The van der Waals surface area contributed by atoms with Crippen LogP contribution in [-0.4, -0.2) is 44.7 Å². The van der Waals surface area contributed by atoms with E-state index in [4.69, 9.17) is 0 Å². The van der Waals surface area contributed by atoms with Crippen LogP contribution in [0.2, 0.25) is 0 Å². The van der Waals surface area contributed by atoms with Crippen molar-refractivity contribution in [3.8, 4) is 0 Å². The van der Waals surface area contributed by atoms with E-state index in [1.165, 1.54) is 11.3 Å². The van der Waals surface area contributed by atoms with Gasteiger partial charge in [0.15, 0.2) is 5.78 Å². The highest BCUT2D eigenvalue weighted by Gasteiger charge is 2.29. The van der Waals surface area contributed by atoms with Crippen molar-refractivity contribution in [2.45, 2.75) is 70.5 Å². The van der Waals surface area contributed by atoms with E-state index in [-0.39, 0.29) is 12.2 Å². The molecule has 9 heteroatoms. The number of hydrogen-bond donors (Lipinski definition) is 0. The predicted octanol–water partition coefficient (Wildman–Crippen LogP) is 6.35. The summed E-state index contributed by atoms with van der Waals surface area (Å²) in [7, 11) is 1.88. The molecule has 2 aliphatic rings. The molecule has 0 saturated heterocycles. The molecule has 1 fully saturated rings. The van der Waals surface area contributed by atoms with Crippen LogP contribution >= 0.6 is 11.3 Å². The summed E-state index contributed by atoms with van der Waals surface area (Å²) in [5.74, 6) is 1.35. The Morgan fingerprint density at radius 3 is 2.72 bits per heavy atom. The third kappa shape index (κ3) is 6.17. The molecule has 3 aromatic rings. The van der Waals surface area contributed by atoms with Gasteiger partial charge >= 0.3 is 6.18 Å². The van der Waals surface area contributed by atoms with Crippen molar-refractivity contribution in [3.63, 3.8) is 0 Å². The van der Waals surface area contributed by atoms with Gasteiger partial charge in [-0.05, 0) is 50.1 Å². The lowest BCUT2D eigenvalue weighted by molar-refractivity contribution is -0.134. The number of alkyl halides is 3. The number of halogens is 3. The van der Waals surface area contributed by atoms with Gasteiger partial charge in [0, 0.05) is 61.4 Å². The fraction of sp³-hybridized carbons (Fsp3) is 0.593. The standard InChI is InChI=1S/C27H33F3N4OS/c1-33-16-21-20(3-2-4-22(21)32-33)24(35)15-19-7-5-18(6-8-19)10-13-34-14-11-25-23(17-34)31-26(36-25)9-12-27(28,29)30/h2-4,16,18-19H,5-15,17H2,1H3. The molecule has 1 aromatic carbocycles. The van der Waals surface area contributed by atoms with Gasteiger partial charge in [0.05, 0.1) is 16.2 Å². The lowest BCUT2D eigenvalue weighted by Gasteiger charge is -2.31. The summed E-state index contributed by atoms with van der Waals surface area (Å²) in [5, 5.41) is 5.98. The van der Waals surface area contributed by atoms with E-state index in [9.17, 15) is 18.0 Å². The normalized spacial score (nSPS) is 21.1. The summed E-state index contributed by atoms with van der Waals surface area (Å²) in [6, 6.07) is 5.78. The number of benzene rings is 1. The molecule has 0 bridgehead atoms. The molecule has 1 aliphatic heterocycles. The molecule has 0 atom stereocenters. The Bertz CT molecular complexity index is 1210. The van der Waals surface area contributed by atoms with Crippen LogP contribution in [-0.2, 0) is 26.4 Å². The number of aromatic nitrogens is 3. The maximum atomic E-state index is 13.0. The largest absolute Gasteiger partial charge is 0.389 e. The monoisotopic (exact) mass is 518 g/mol. The molecular weight excluding hydrogens is 485 g/mol. The highest BCUT2D eigenvalue weighted by molar-refractivity contribution is 7.11. The first kappa shape index (κ1) is 25.4. The minimum Gasteiger partial charge on any atom is -0.297 e. The molecule has 0 unspecified atom stereocenters. The summed E-state index contributed by atoms with van der Waals surface area (Å²) in [5.41, 5.74) is 2.64. The molecule has 0 N–H and O–H groups in total. The maximum Gasteiger partial charge on any atom is 0.389 e. The van der Waals surface area contributed by atoms with Crippen molar-refractivity contribution in [3.05, 3.63) is 45.5 Å². The number of nitrogens with zero attached hydrogens (tertiary/aromatic N) is 4. The molecule has 1 aliphatic carbocycles. The second kappa shape index (κ2) is 10.6. The van der Waals surface area contributed by atoms with Gasteiger partial charge < -0.3 is 0 Å². The highest BCUT2D eigenvalue weighted by atomic mass is 32.1. The summed E-state index contributed by atoms with van der Waals surface area (Å²) in [6.07, 6.45) is 4.13. The molecule has 194 valence electrons. The Morgan fingerprint density at radius 2 is 1.94 bits per heavy atom. The van der Waals surface area contributed by atoms with Gasteiger partial charge in [0.2, 0.25) is 0 Å². The van der Waals surface area contributed by atoms with Gasteiger partial charge in [0.1, 0.15) is 0 Å². The van der Waals surface area contributed by atoms with E-state index in [1.54, 1.807) is 4.68 Å². The zero-order valence-corrected chi connectivity index (χ0v) is 21.5. The van der Waals surface area contributed by atoms with Crippen LogP contribution in [0.4, 0.5) is 13.2 Å². The van der Waals surface area contributed by atoms with Gasteiger partial charge in [-0.15, -0.1) is 11.3 Å². The zero-order valence-electron chi connectivity index (χ0n) is 20.7. The van der Waals surface area contributed by atoms with Crippen molar-refractivity contribution < 1.29 is 18.0 Å². The second-order valence-electron chi connectivity index (χ2n) is 10.5. The summed E-state index contributed by atoms with van der Waals surface area (Å²) >= 11 is 1.46. The van der Waals surface area contributed by atoms with Crippen LogP contribution in [0.15, 0.2) is 24.4 Å². The number of ketones is 1. The molecule has 0 amide bonds. The van der Waals surface area contributed by atoms with E-state index in [0.29, 0.717) is 23.3 Å². The fourth-order valence-electron chi connectivity index (χ4n) is 5.72. The molecule has 3 heterocycles. The van der Waals surface area contributed by atoms with Crippen molar-refractivity contribution >= 4 is 28.0 Å². The fourth-order valence-corrected chi connectivity index (χ4v) is 6.78. The van der Waals surface area contributed by atoms with E-state index in [0.717, 1.165) is 85.2 Å². The van der Waals surface area contributed by atoms with Crippen molar-refractivity contribution in [2.75, 3.05) is 13.1 Å². The number of aryl methyl sites for hydroxylation is 2. The van der Waals surface area contributed by atoms with Crippen LogP contribution in [0.5, 0.6) is 0 Å². The van der Waals surface area contributed by atoms with E-state index >= 15 is 0 Å². The van der Waals surface area contributed by atoms with E-state index in [2.05, 4.69) is 15.0 Å². The van der Waals surface area contributed by atoms with Gasteiger partial charge in [-0.3, -0.25) is 14.4 Å². The Hall–Kier alpha value is -2.26. The zero-order chi connectivity index (χ0) is 25.3. The molecular formula is C27H33F3N4OS. The minimum atomic E-state index is -4.13. The Balaban J connectivity index is 1.06. The summed E-state index contributed by atoms with van der Waals surface area (Å²) < 4.78 is 39.4. The van der Waals surface area contributed by atoms with E-state index in [1.807, 2.05) is 31.4 Å². The Kier molecular flexibility index (Phi) is 7.49. The lowest BCUT2D eigenvalue weighted by Crippen LogP contribution is -2.32. The predicted molar refractivity (Wildman–Crippen MR) is 135 cm³/mol. The van der Waals surface area contributed by atoms with Crippen molar-refractivity contribution in [1.29, 1.82) is 0 Å². The van der Waals surface area contributed by atoms with Crippen LogP contribution in [0, 0.1) is 11.8 Å². The van der Waals surface area contributed by atoms with Crippen LogP contribution < -0.4 is 0 Å². The Morgan fingerprint density at radius 1 is 1.17 bits per heavy atom. The van der Waals surface area contributed by atoms with Crippen LogP contribution in [0.25, 0.3) is 10.9 Å². The first-order valence-electron chi connectivity index (χ1n) is 13.0. The lowest BCUT2D eigenvalue weighted by atomic mass is 9.78. The van der Waals surface area contributed by atoms with Gasteiger partial charge in [0.25, 0.3) is 0 Å². The first-order chi connectivity index (χ1) is 17.2.